The van der Waals surface area contributed by atoms with Gasteiger partial charge >= 0.3 is 0 Å². The van der Waals surface area contributed by atoms with Gasteiger partial charge in [-0.2, -0.15) is 5.10 Å². The van der Waals surface area contributed by atoms with E-state index >= 15 is 0 Å². The molecule has 0 unspecified atom stereocenters. The summed E-state index contributed by atoms with van der Waals surface area (Å²) in [6.07, 6.45) is 1.67. The average Bonchev–Trinajstić information content (AvgIpc) is 2.74. The topological polar surface area (TPSA) is 73.2 Å². The summed E-state index contributed by atoms with van der Waals surface area (Å²) < 4.78 is 10.6. The highest BCUT2D eigenvalue weighted by Crippen LogP contribution is 2.38. The lowest BCUT2D eigenvalue weighted by molar-refractivity contribution is 0.402. The van der Waals surface area contributed by atoms with Crippen LogP contribution in [0, 0.1) is 6.92 Å². The van der Waals surface area contributed by atoms with Gasteiger partial charge in [0, 0.05) is 11.1 Å². The van der Waals surface area contributed by atoms with Gasteiger partial charge in [-0.15, -0.1) is 0 Å². The highest BCUT2D eigenvalue weighted by Gasteiger charge is 2.14. The number of aryl methyl sites for hydroxylation is 1. The van der Waals surface area contributed by atoms with Crippen LogP contribution in [0.2, 0.25) is 0 Å². The molecule has 0 amide bonds. The van der Waals surface area contributed by atoms with Crippen LogP contribution >= 0.6 is 0 Å². The molecule has 0 saturated carbocycles. The van der Waals surface area contributed by atoms with Crippen LogP contribution in [0.15, 0.2) is 18.3 Å². The lowest BCUT2D eigenvalue weighted by atomic mass is 10.0. The van der Waals surface area contributed by atoms with Crippen molar-refractivity contribution in [3.8, 4) is 22.6 Å². The third-order valence-electron chi connectivity index (χ3n) is 2.65. The maximum Gasteiger partial charge on any atom is 0.130 e. The van der Waals surface area contributed by atoms with E-state index in [-0.39, 0.29) is 0 Å². The van der Waals surface area contributed by atoms with Crippen LogP contribution in [0.25, 0.3) is 11.1 Å². The summed E-state index contributed by atoms with van der Waals surface area (Å²) in [4.78, 5) is 0. The Morgan fingerprint density at radius 2 is 1.94 bits per heavy atom. The number of benzene rings is 1. The van der Waals surface area contributed by atoms with Crippen LogP contribution in [-0.4, -0.2) is 24.4 Å². The fraction of sp³-hybridized carbons (Fsp3) is 0.250. The van der Waals surface area contributed by atoms with Gasteiger partial charge in [-0.3, -0.25) is 5.10 Å². The summed E-state index contributed by atoms with van der Waals surface area (Å²) in [6, 6.07) is 3.80. The smallest absolute Gasteiger partial charge is 0.130 e. The Kier molecular flexibility index (Phi) is 2.91. The van der Waals surface area contributed by atoms with Crippen molar-refractivity contribution in [1.29, 1.82) is 0 Å². The summed E-state index contributed by atoms with van der Waals surface area (Å²) in [7, 11) is 3.26. The number of ether oxygens (including phenoxy) is 2. The molecule has 0 aliphatic heterocycles. The Morgan fingerprint density at radius 3 is 2.47 bits per heavy atom. The van der Waals surface area contributed by atoms with Gasteiger partial charge in [0.25, 0.3) is 0 Å². The van der Waals surface area contributed by atoms with Crippen molar-refractivity contribution in [1.82, 2.24) is 10.2 Å². The van der Waals surface area contributed by atoms with Gasteiger partial charge in [0.05, 0.1) is 20.4 Å². The molecule has 0 atom stereocenters. The summed E-state index contributed by atoms with van der Waals surface area (Å²) in [5, 5.41) is 6.62. The zero-order valence-corrected chi connectivity index (χ0v) is 10.1. The molecule has 17 heavy (non-hydrogen) atoms. The summed E-state index contributed by atoms with van der Waals surface area (Å²) in [5.74, 6) is 2.05. The molecule has 1 aromatic carbocycles. The number of aromatic amines is 1. The van der Waals surface area contributed by atoms with E-state index in [4.69, 9.17) is 15.2 Å². The lowest BCUT2D eigenvalue weighted by Crippen LogP contribution is -1.95. The van der Waals surface area contributed by atoms with Crippen LogP contribution in [0.1, 0.15) is 5.56 Å². The van der Waals surface area contributed by atoms with Gasteiger partial charge < -0.3 is 15.2 Å². The Balaban J connectivity index is 2.66. The average molecular weight is 233 g/mol. The number of methoxy groups -OCH3 is 2. The predicted octanol–water partition coefficient (Wildman–Crippen LogP) is 1.98. The van der Waals surface area contributed by atoms with Crippen molar-refractivity contribution >= 4 is 5.82 Å². The molecular formula is C12H15N3O2. The third kappa shape index (κ3) is 1.91. The molecule has 5 nitrogen and oxygen atoms in total. The van der Waals surface area contributed by atoms with E-state index in [0.29, 0.717) is 5.82 Å². The van der Waals surface area contributed by atoms with Gasteiger partial charge in [-0.1, -0.05) is 0 Å². The normalized spacial score (nSPS) is 10.3. The van der Waals surface area contributed by atoms with Gasteiger partial charge in [-0.25, -0.2) is 0 Å². The molecule has 0 spiro atoms. The largest absolute Gasteiger partial charge is 0.497 e. The standard InChI is InChI=1S/C12H15N3O2/c1-7-4-8(16-2)5-9(11(7)17-3)10-6-14-15-12(10)13/h4-6H,1-3H3,(H3,13,14,15). The molecule has 3 N–H and O–H groups in total. The van der Waals surface area contributed by atoms with Crippen LogP contribution in [0.4, 0.5) is 5.82 Å². The molecule has 1 aromatic heterocycles. The van der Waals surface area contributed by atoms with Crippen molar-refractivity contribution in [3.05, 3.63) is 23.9 Å². The van der Waals surface area contributed by atoms with E-state index in [2.05, 4.69) is 10.2 Å². The quantitative estimate of drug-likeness (QED) is 0.850. The molecule has 90 valence electrons. The second-order valence-electron chi connectivity index (χ2n) is 3.72. The van der Waals surface area contributed by atoms with Crippen LogP contribution in [0.3, 0.4) is 0 Å². The summed E-state index contributed by atoms with van der Waals surface area (Å²) in [5.41, 5.74) is 8.49. The van der Waals surface area contributed by atoms with Crippen LogP contribution < -0.4 is 15.2 Å². The first-order chi connectivity index (χ1) is 8.17. The van der Waals surface area contributed by atoms with Gasteiger partial charge in [-0.05, 0) is 24.6 Å². The summed E-state index contributed by atoms with van der Waals surface area (Å²) >= 11 is 0. The first-order valence-corrected chi connectivity index (χ1v) is 5.19. The molecule has 1 heterocycles. The SMILES string of the molecule is COc1cc(C)c(OC)c(-c2cn[nH]c2N)c1. The fourth-order valence-corrected chi connectivity index (χ4v) is 1.84. The van der Waals surface area contributed by atoms with E-state index in [9.17, 15) is 0 Å². The van der Waals surface area contributed by atoms with E-state index in [1.165, 1.54) is 0 Å². The molecule has 0 bridgehead atoms. The highest BCUT2D eigenvalue weighted by atomic mass is 16.5. The number of H-pyrrole nitrogens is 1. The molecule has 2 aromatic rings. The number of nitrogens with one attached hydrogen (secondary N) is 1. The third-order valence-corrected chi connectivity index (χ3v) is 2.65. The molecule has 0 radical (unpaired) electrons. The van der Waals surface area contributed by atoms with Gasteiger partial charge in [0.1, 0.15) is 17.3 Å². The first-order valence-electron chi connectivity index (χ1n) is 5.19. The molecule has 0 aliphatic rings. The van der Waals surface area contributed by atoms with E-state index in [1.807, 2.05) is 19.1 Å². The van der Waals surface area contributed by atoms with Crippen molar-refractivity contribution in [2.24, 2.45) is 0 Å². The molecular weight excluding hydrogens is 218 g/mol. The number of hydrogen-bond donors (Lipinski definition) is 2. The number of anilines is 1. The summed E-state index contributed by atoms with van der Waals surface area (Å²) in [6.45, 7) is 1.96. The van der Waals surface area contributed by atoms with Gasteiger partial charge in [0.15, 0.2) is 0 Å². The van der Waals surface area contributed by atoms with Crippen molar-refractivity contribution in [2.45, 2.75) is 6.92 Å². The second-order valence-corrected chi connectivity index (χ2v) is 3.72. The minimum Gasteiger partial charge on any atom is -0.497 e. The zero-order chi connectivity index (χ0) is 12.4. The minimum absolute atomic E-state index is 0.510. The number of nitrogens with two attached hydrogens (primary N) is 1. The maximum absolute atomic E-state index is 5.82. The maximum atomic E-state index is 5.82. The minimum atomic E-state index is 0.510. The molecule has 0 aliphatic carbocycles. The van der Waals surface area contributed by atoms with E-state index in [0.717, 1.165) is 28.2 Å². The lowest BCUT2D eigenvalue weighted by Gasteiger charge is -2.12. The van der Waals surface area contributed by atoms with Crippen molar-refractivity contribution in [2.75, 3.05) is 20.0 Å². The molecule has 2 rings (SSSR count). The number of hydrogen-bond acceptors (Lipinski definition) is 4. The molecule has 0 saturated heterocycles. The van der Waals surface area contributed by atoms with Crippen molar-refractivity contribution in [3.63, 3.8) is 0 Å². The number of nitrogen functional groups attached to an aromatic ring is 1. The second kappa shape index (κ2) is 4.37. The highest BCUT2D eigenvalue weighted by molar-refractivity contribution is 5.80. The zero-order valence-electron chi connectivity index (χ0n) is 10.1. The monoisotopic (exact) mass is 233 g/mol. The first kappa shape index (κ1) is 11.3. The number of nitrogens with zero attached hydrogens (tertiary/aromatic N) is 1. The van der Waals surface area contributed by atoms with Crippen LogP contribution in [0.5, 0.6) is 11.5 Å². The van der Waals surface area contributed by atoms with E-state index in [1.54, 1.807) is 20.4 Å². The Hall–Kier alpha value is -2.17. The molecule has 0 fully saturated rings. The number of aromatic nitrogens is 2. The van der Waals surface area contributed by atoms with Gasteiger partial charge in [0.2, 0.25) is 0 Å². The Morgan fingerprint density at radius 1 is 1.18 bits per heavy atom. The van der Waals surface area contributed by atoms with E-state index < -0.39 is 0 Å². The van der Waals surface area contributed by atoms with Crippen LogP contribution in [-0.2, 0) is 0 Å². The Bertz CT molecular complexity index is 535. The fourth-order valence-electron chi connectivity index (χ4n) is 1.84. The predicted molar refractivity (Wildman–Crippen MR) is 66.3 cm³/mol. The van der Waals surface area contributed by atoms with Crippen molar-refractivity contribution < 1.29 is 9.47 Å². The number of rotatable bonds is 3. The molecule has 5 heteroatoms. The Labute approximate surface area is 99.5 Å².